The van der Waals surface area contributed by atoms with E-state index < -0.39 is 5.60 Å². The van der Waals surface area contributed by atoms with E-state index in [0.29, 0.717) is 0 Å². The Bertz CT molecular complexity index is 234. The normalized spacial score (nSPS) is 13.7. The van der Waals surface area contributed by atoms with Crippen LogP contribution in [0.2, 0.25) is 0 Å². The van der Waals surface area contributed by atoms with Crippen LogP contribution in [0.25, 0.3) is 0 Å². The van der Waals surface area contributed by atoms with Crippen LogP contribution < -0.4 is 0 Å². The van der Waals surface area contributed by atoms with E-state index in [2.05, 4.69) is 18.8 Å². The van der Waals surface area contributed by atoms with Crippen LogP contribution in [0.3, 0.4) is 0 Å². The Morgan fingerprint density at radius 3 is 2.50 bits per heavy atom. The summed E-state index contributed by atoms with van der Waals surface area (Å²) in [6.07, 6.45) is 3.86. The number of hydrogen-bond acceptors (Lipinski definition) is 2. The van der Waals surface area contributed by atoms with Gasteiger partial charge in [-0.2, -0.15) is 0 Å². The van der Waals surface area contributed by atoms with E-state index in [-0.39, 0.29) is 5.97 Å². The maximum absolute atomic E-state index is 10.8. The minimum absolute atomic E-state index is 0.265. The second-order valence-corrected chi connectivity index (χ2v) is 3.58. The molecule has 2 nitrogen and oxygen atoms in total. The van der Waals surface area contributed by atoms with Crippen LogP contribution in [-0.2, 0) is 9.53 Å². The summed E-state index contributed by atoms with van der Waals surface area (Å²) in [5.74, 6) is 5.81. The van der Waals surface area contributed by atoms with Crippen LogP contribution in [0.4, 0.5) is 0 Å². The van der Waals surface area contributed by atoms with Crippen molar-refractivity contribution in [1.82, 2.24) is 0 Å². The van der Waals surface area contributed by atoms with Crippen molar-refractivity contribution in [2.45, 2.75) is 59.0 Å². The predicted molar refractivity (Wildman–Crippen MR) is 57.8 cm³/mol. The van der Waals surface area contributed by atoms with E-state index in [4.69, 9.17) is 4.74 Å². The van der Waals surface area contributed by atoms with Crippen LogP contribution >= 0.6 is 0 Å². The zero-order chi connectivity index (χ0) is 11.0. The molecule has 0 rings (SSSR count). The van der Waals surface area contributed by atoms with Crippen molar-refractivity contribution in [3.8, 4) is 11.8 Å². The quantitative estimate of drug-likeness (QED) is 0.392. The molecule has 0 amide bonds. The largest absolute Gasteiger partial charge is 0.446 e. The third-order valence-corrected chi connectivity index (χ3v) is 2.05. The summed E-state index contributed by atoms with van der Waals surface area (Å²) in [6, 6.07) is 0. The highest BCUT2D eigenvalue weighted by Gasteiger charge is 2.21. The molecule has 1 atom stereocenters. The highest BCUT2D eigenvalue weighted by Crippen LogP contribution is 2.14. The van der Waals surface area contributed by atoms with Gasteiger partial charge in [0.1, 0.15) is 0 Å². The Hall–Kier alpha value is -0.970. The number of hydrogen-bond donors (Lipinski definition) is 0. The molecular formula is C12H20O2. The molecule has 0 aromatic carbocycles. The molecule has 0 aliphatic carbocycles. The smallest absolute Gasteiger partial charge is 0.304 e. The summed E-state index contributed by atoms with van der Waals surface area (Å²) in [4.78, 5) is 10.8. The van der Waals surface area contributed by atoms with Gasteiger partial charge in [0.05, 0.1) is 0 Å². The third kappa shape index (κ3) is 5.64. The van der Waals surface area contributed by atoms with Crippen LogP contribution in [0.15, 0.2) is 0 Å². The zero-order valence-corrected chi connectivity index (χ0v) is 9.64. The number of carbonyl (C=O) groups excluding carboxylic acids is 1. The molecule has 0 aliphatic rings. The first-order valence-electron chi connectivity index (χ1n) is 5.23. The highest BCUT2D eigenvalue weighted by atomic mass is 16.6. The molecule has 80 valence electrons. The van der Waals surface area contributed by atoms with Gasteiger partial charge in [0.15, 0.2) is 5.60 Å². The standard InChI is InChI=1S/C12H20O2/c1-5-7-8-9-10-12(4,6-2)14-11(3)13/h5-8H2,1-4H3. The van der Waals surface area contributed by atoms with Crippen LogP contribution in [0.1, 0.15) is 53.4 Å². The molecule has 0 spiro atoms. The highest BCUT2D eigenvalue weighted by molar-refractivity contribution is 5.67. The fourth-order valence-corrected chi connectivity index (χ4v) is 1.02. The molecule has 0 saturated heterocycles. The lowest BCUT2D eigenvalue weighted by Crippen LogP contribution is -2.28. The summed E-state index contributed by atoms with van der Waals surface area (Å²) in [7, 11) is 0. The molecule has 1 unspecified atom stereocenters. The van der Waals surface area contributed by atoms with Crippen LogP contribution in [-0.4, -0.2) is 11.6 Å². The number of unbranched alkanes of at least 4 members (excludes halogenated alkanes) is 2. The molecule has 0 bridgehead atoms. The Kier molecular flexibility index (Phi) is 6.03. The Morgan fingerprint density at radius 2 is 2.07 bits per heavy atom. The monoisotopic (exact) mass is 196 g/mol. The number of ether oxygens (including phenoxy) is 1. The van der Waals surface area contributed by atoms with Crippen LogP contribution in [0.5, 0.6) is 0 Å². The second kappa shape index (κ2) is 6.48. The fraction of sp³-hybridized carbons (Fsp3) is 0.750. The first-order chi connectivity index (χ1) is 6.54. The van der Waals surface area contributed by atoms with Gasteiger partial charge in [0.2, 0.25) is 0 Å². The van der Waals surface area contributed by atoms with Crippen molar-refractivity contribution in [3.05, 3.63) is 0 Å². The van der Waals surface area contributed by atoms with Crippen molar-refractivity contribution >= 4 is 5.97 Å². The summed E-state index contributed by atoms with van der Waals surface area (Å²) in [5, 5.41) is 0. The van der Waals surface area contributed by atoms with Crippen molar-refractivity contribution in [2.75, 3.05) is 0 Å². The van der Waals surface area contributed by atoms with E-state index >= 15 is 0 Å². The summed E-state index contributed by atoms with van der Waals surface area (Å²) in [6.45, 7) is 7.37. The number of esters is 1. The van der Waals surface area contributed by atoms with Gasteiger partial charge in [0, 0.05) is 13.3 Å². The molecule has 0 heterocycles. The van der Waals surface area contributed by atoms with Gasteiger partial charge in [-0.15, -0.1) is 0 Å². The van der Waals surface area contributed by atoms with E-state index in [9.17, 15) is 4.79 Å². The summed E-state index contributed by atoms with van der Waals surface area (Å²) < 4.78 is 5.15. The van der Waals surface area contributed by atoms with E-state index in [1.54, 1.807) is 0 Å². The van der Waals surface area contributed by atoms with Crippen LogP contribution in [0, 0.1) is 11.8 Å². The average Bonchev–Trinajstić information content (AvgIpc) is 2.11. The lowest BCUT2D eigenvalue weighted by Gasteiger charge is -2.21. The molecule has 2 heteroatoms. The molecule has 0 fully saturated rings. The van der Waals surface area contributed by atoms with Gasteiger partial charge in [-0.3, -0.25) is 4.79 Å². The van der Waals surface area contributed by atoms with Crippen molar-refractivity contribution in [3.63, 3.8) is 0 Å². The molecule has 0 aliphatic heterocycles. The Balaban J connectivity index is 4.20. The van der Waals surface area contributed by atoms with Gasteiger partial charge in [-0.1, -0.05) is 32.1 Å². The van der Waals surface area contributed by atoms with Gasteiger partial charge >= 0.3 is 5.97 Å². The lowest BCUT2D eigenvalue weighted by atomic mass is 10.0. The Labute approximate surface area is 87.0 Å². The first kappa shape index (κ1) is 13.0. The minimum Gasteiger partial charge on any atom is -0.446 e. The van der Waals surface area contributed by atoms with E-state index in [1.165, 1.54) is 6.92 Å². The maximum atomic E-state index is 10.8. The van der Waals surface area contributed by atoms with Crippen molar-refractivity contribution < 1.29 is 9.53 Å². The second-order valence-electron chi connectivity index (χ2n) is 3.58. The first-order valence-corrected chi connectivity index (χ1v) is 5.23. The molecule has 0 aromatic rings. The van der Waals surface area contributed by atoms with Gasteiger partial charge in [-0.25, -0.2) is 0 Å². The average molecular weight is 196 g/mol. The molecule has 0 aromatic heterocycles. The predicted octanol–water partition coefficient (Wildman–Crippen LogP) is 2.91. The molecular weight excluding hydrogens is 176 g/mol. The topological polar surface area (TPSA) is 26.3 Å². The van der Waals surface area contributed by atoms with Crippen molar-refractivity contribution in [2.24, 2.45) is 0 Å². The van der Waals surface area contributed by atoms with Crippen molar-refractivity contribution in [1.29, 1.82) is 0 Å². The van der Waals surface area contributed by atoms with E-state index in [0.717, 1.165) is 25.7 Å². The van der Waals surface area contributed by atoms with Gasteiger partial charge in [-0.05, 0) is 19.8 Å². The van der Waals surface area contributed by atoms with Gasteiger partial charge < -0.3 is 4.74 Å². The third-order valence-electron chi connectivity index (χ3n) is 2.05. The molecule has 14 heavy (non-hydrogen) atoms. The molecule has 0 radical (unpaired) electrons. The van der Waals surface area contributed by atoms with E-state index in [1.807, 2.05) is 13.8 Å². The molecule has 0 N–H and O–H groups in total. The summed E-state index contributed by atoms with van der Waals surface area (Å²) in [5.41, 5.74) is -0.598. The maximum Gasteiger partial charge on any atom is 0.304 e. The lowest BCUT2D eigenvalue weighted by molar-refractivity contribution is -0.150. The fourth-order valence-electron chi connectivity index (χ4n) is 1.02. The minimum atomic E-state index is -0.598. The SMILES string of the molecule is CCCCC#CC(C)(CC)OC(C)=O. The zero-order valence-electron chi connectivity index (χ0n) is 9.64. The van der Waals surface area contributed by atoms with Gasteiger partial charge in [0.25, 0.3) is 0 Å². The Morgan fingerprint density at radius 1 is 1.43 bits per heavy atom. The summed E-state index contributed by atoms with van der Waals surface area (Å²) >= 11 is 0. The number of carbonyl (C=O) groups is 1. The molecule has 0 saturated carbocycles. The number of rotatable bonds is 4.